The molecule has 0 bridgehead atoms. The Labute approximate surface area is 103 Å². The Morgan fingerprint density at radius 3 is 2.85 bits per heavy atom. The molecule has 3 nitrogen and oxygen atoms in total. The fourth-order valence-corrected chi connectivity index (χ4v) is 3.08. The molecule has 0 amide bonds. The molecule has 0 atom stereocenters. The maximum atomic E-state index is 5.02. The number of rotatable bonds is 1. The zero-order valence-electron chi connectivity index (χ0n) is 6.77. The minimum absolute atomic E-state index is 0.565. The maximum Gasteiger partial charge on any atom is 0.294 e. The highest BCUT2D eigenvalue weighted by molar-refractivity contribution is 14.1. The molecule has 5 heteroatoms. The lowest BCUT2D eigenvalue weighted by Gasteiger charge is -1.93. The van der Waals surface area contributed by atoms with Crippen LogP contribution in [0.3, 0.4) is 0 Å². The summed E-state index contributed by atoms with van der Waals surface area (Å²) in [6.07, 6.45) is 0. The Kier molecular flexibility index (Phi) is 2.63. The van der Waals surface area contributed by atoms with Gasteiger partial charge in [-0.1, -0.05) is 0 Å². The summed E-state index contributed by atoms with van der Waals surface area (Å²) in [5.41, 5.74) is 1.99. The highest BCUT2D eigenvalue weighted by Gasteiger charge is 2.06. The summed E-state index contributed by atoms with van der Waals surface area (Å²) in [5.74, 6) is 0. The molecule has 0 aliphatic carbocycles. The SMILES string of the molecule is COc1nc2c(I)cc(I)cc2[nH]1. The van der Waals surface area contributed by atoms with E-state index in [2.05, 4.69) is 61.2 Å². The first-order valence-corrected chi connectivity index (χ1v) is 5.75. The maximum absolute atomic E-state index is 5.02. The number of hydrogen-bond donors (Lipinski definition) is 1. The third-order valence-corrected chi connectivity index (χ3v) is 3.12. The smallest absolute Gasteiger partial charge is 0.294 e. The van der Waals surface area contributed by atoms with Crippen LogP contribution in [0.15, 0.2) is 12.1 Å². The van der Waals surface area contributed by atoms with Gasteiger partial charge in [-0.2, -0.15) is 4.98 Å². The first-order chi connectivity index (χ1) is 6.20. The number of hydrogen-bond acceptors (Lipinski definition) is 2. The summed E-state index contributed by atoms with van der Waals surface area (Å²) >= 11 is 4.55. The third-order valence-electron chi connectivity index (χ3n) is 1.68. The Morgan fingerprint density at radius 1 is 1.38 bits per heavy atom. The first kappa shape index (κ1) is 9.50. The summed E-state index contributed by atoms with van der Waals surface area (Å²) in [6, 6.07) is 4.70. The molecule has 0 aliphatic heterocycles. The molecule has 13 heavy (non-hydrogen) atoms. The van der Waals surface area contributed by atoms with Gasteiger partial charge in [0.1, 0.15) is 5.52 Å². The van der Waals surface area contributed by atoms with E-state index in [9.17, 15) is 0 Å². The van der Waals surface area contributed by atoms with Crippen LogP contribution in [0.1, 0.15) is 0 Å². The minimum Gasteiger partial charge on any atom is -0.468 e. The predicted molar refractivity (Wildman–Crippen MR) is 68.1 cm³/mol. The van der Waals surface area contributed by atoms with Gasteiger partial charge in [-0.25, -0.2) is 0 Å². The number of benzene rings is 1. The van der Waals surface area contributed by atoms with Crippen LogP contribution in [0, 0.1) is 7.14 Å². The second-order valence-electron chi connectivity index (χ2n) is 2.53. The molecular weight excluding hydrogens is 394 g/mol. The van der Waals surface area contributed by atoms with Crippen molar-refractivity contribution in [2.75, 3.05) is 7.11 Å². The van der Waals surface area contributed by atoms with Gasteiger partial charge >= 0.3 is 0 Å². The van der Waals surface area contributed by atoms with Crippen molar-refractivity contribution in [2.24, 2.45) is 0 Å². The topological polar surface area (TPSA) is 37.9 Å². The Hall–Kier alpha value is -0.0500. The molecule has 0 saturated heterocycles. The van der Waals surface area contributed by atoms with Crippen molar-refractivity contribution in [3.05, 3.63) is 19.3 Å². The van der Waals surface area contributed by atoms with Gasteiger partial charge in [0, 0.05) is 7.14 Å². The molecule has 0 unspecified atom stereocenters. The number of aromatic amines is 1. The lowest BCUT2D eigenvalue weighted by Crippen LogP contribution is -1.82. The van der Waals surface area contributed by atoms with Crippen LogP contribution in [0.4, 0.5) is 0 Å². The van der Waals surface area contributed by atoms with Gasteiger partial charge in [0.25, 0.3) is 6.01 Å². The second kappa shape index (κ2) is 3.60. The van der Waals surface area contributed by atoms with Crippen molar-refractivity contribution < 1.29 is 4.74 Å². The average molecular weight is 400 g/mol. The lowest BCUT2D eigenvalue weighted by atomic mass is 10.3. The number of ether oxygens (including phenoxy) is 1. The second-order valence-corrected chi connectivity index (χ2v) is 4.94. The highest BCUT2D eigenvalue weighted by atomic mass is 127. The number of fused-ring (bicyclic) bond motifs is 1. The zero-order chi connectivity index (χ0) is 9.42. The van der Waals surface area contributed by atoms with Gasteiger partial charge in [0.2, 0.25) is 0 Å². The van der Waals surface area contributed by atoms with Gasteiger partial charge < -0.3 is 9.72 Å². The average Bonchev–Trinajstić information content (AvgIpc) is 2.47. The fraction of sp³-hybridized carbons (Fsp3) is 0.125. The molecule has 1 aromatic carbocycles. The molecule has 1 heterocycles. The number of nitrogens with one attached hydrogen (secondary N) is 1. The summed E-state index contributed by atoms with van der Waals surface area (Å²) < 4.78 is 7.35. The summed E-state index contributed by atoms with van der Waals surface area (Å²) in [6.45, 7) is 0. The largest absolute Gasteiger partial charge is 0.468 e. The van der Waals surface area contributed by atoms with Crippen LogP contribution >= 0.6 is 45.2 Å². The number of H-pyrrole nitrogens is 1. The number of nitrogens with zero attached hydrogens (tertiary/aromatic N) is 1. The van der Waals surface area contributed by atoms with Crippen molar-refractivity contribution in [2.45, 2.75) is 0 Å². The molecule has 68 valence electrons. The Morgan fingerprint density at radius 2 is 2.15 bits per heavy atom. The van der Waals surface area contributed by atoms with Crippen LogP contribution in [0.25, 0.3) is 11.0 Å². The summed E-state index contributed by atoms with van der Waals surface area (Å²) in [7, 11) is 1.61. The molecule has 2 aromatic rings. The third kappa shape index (κ3) is 1.76. The quantitative estimate of drug-likeness (QED) is 0.749. The van der Waals surface area contributed by atoms with Crippen LogP contribution < -0.4 is 4.74 Å². The van der Waals surface area contributed by atoms with Crippen LogP contribution in [-0.2, 0) is 0 Å². The Bertz CT molecular complexity index is 453. The van der Waals surface area contributed by atoms with Crippen LogP contribution in [0.5, 0.6) is 6.01 Å². The fourth-order valence-electron chi connectivity index (χ4n) is 1.12. The molecule has 0 spiro atoms. The van der Waals surface area contributed by atoms with Crippen LogP contribution in [-0.4, -0.2) is 17.1 Å². The van der Waals surface area contributed by atoms with E-state index in [-0.39, 0.29) is 0 Å². The lowest BCUT2D eigenvalue weighted by molar-refractivity contribution is 0.386. The normalized spacial score (nSPS) is 10.7. The van der Waals surface area contributed by atoms with E-state index >= 15 is 0 Å². The van der Waals surface area contributed by atoms with E-state index in [1.165, 1.54) is 3.57 Å². The monoisotopic (exact) mass is 400 g/mol. The molecule has 1 aromatic heterocycles. The highest BCUT2D eigenvalue weighted by Crippen LogP contribution is 2.23. The molecule has 2 rings (SSSR count). The molecule has 0 fully saturated rings. The number of halogens is 2. The van der Waals surface area contributed by atoms with E-state index in [0.717, 1.165) is 14.6 Å². The number of imidazole rings is 1. The predicted octanol–water partition coefficient (Wildman–Crippen LogP) is 2.78. The first-order valence-electron chi connectivity index (χ1n) is 3.59. The van der Waals surface area contributed by atoms with E-state index in [1.807, 2.05) is 6.07 Å². The van der Waals surface area contributed by atoms with Crippen molar-refractivity contribution >= 4 is 56.2 Å². The summed E-state index contributed by atoms with van der Waals surface area (Å²) in [5, 5.41) is 0. The van der Waals surface area contributed by atoms with Crippen molar-refractivity contribution in [1.29, 1.82) is 0 Å². The molecule has 1 N–H and O–H groups in total. The van der Waals surface area contributed by atoms with Gasteiger partial charge in [0.15, 0.2) is 0 Å². The van der Waals surface area contributed by atoms with Crippen molar-refractivity contribution in [3.8, 4) is 6.01 Å². The van der Waals surface area contributed by atoms with E-state index < -0.39 is 0 Å². The van der Waals surface area contributed by atoms with Crippen molar-refractivity contribution in [1.82, 2.24) is 9.97 Å². The standard InChI is InChI=1S/C8H6I2N2O/c1-13-8-11-6-3-4(9)2-5(10)7(6)12-8/h2-3H,1H3,(H,11,12). The summed E-state index contributed by atoms with van der Waals surface area (Å²) in [4.78, 5) is 7.37. The van der Waals surface area contributed by atoms with Gasteiger partial charge in [-0.05, 0) is 57.3 Å². The zero-order valence-corrected chi connectivity index (χ0v) is 11.1. The molecule has 0 radical (unpaired) electrons. The van der Waals surface area contributed by atoms with E-state index in [4.69, 9.17) is 4.74 Å². The number of aromatic nitrogens is 2. The van der Waals surface area contributed by atoms with Gasteiger partial charge in [0.05, 0.1) is 12.6 Å². The minimum atomic E-state index is 0.565. The van der Waals surface area contributed by atoms with Crippen LogP contribution in [0.2, 0.25) is 0 Å². The Balaban J connectivity index is 2.75. The van der Waals surface area contributed by atoms with Crippen molar-refractivity contribution in [3.63, 3.8) is 0 Å². The molecule has 0 aliphatic rings. The van der Waals surface area contributed by atoms with Gasteiger partial charge in [-0.3, -0.25) is 0 Å². The molecular formula is C8H6I2N2O. The number of methoxy groups -OCH3 is 1. The molecule has 0 saturated carbocycles. The van der Waals surface area contributed by atoms with Gasteiger partial charge in [-0.15, -0.1) is 0 Å². The van der Waals surface area contributed by atoms with E-state index in [0.29, 0.717) is 6.01 Å². The van der Waals surface area contributed by atoms with E-state index in [1.54, 1.807) is 7.11 Å².